The van der Waals surface area contributed by atoms with Gasteiger partial charge in [-0.25, -0.2) is 0 Å². The average Bonchev–Trinajstić information content (AvgIpc) is 3.15. The van der Waals surface area contributed by atoms with E-state index in [0.29, 0.717) is 28.5 Å². The highest BCUT2D eigenvalue weighted by atomic mass is 35.5. The van der Waals surface area contributed by atoms with Crippen molar-refractivity contribution in [3.05, 3.63) is 71.0 Å². The number of benzene rings is 1. The van der Waals surface area contributed by atoms with E-state index >= 15 is 0 Å². The molecule has 7 heteroatoms. The van der Waals surface area contributed by atoms with Crippen molar-refractivity contribution in [3.63, 3.8) is 0 Å². The van der Waals surface area contributed by atoms with E-state index in [-0.39, 0.29) is 11.4 Å². The molecule has 2 N–H and O–H groups in total. The Hall–Kier alpha value is -2.99. The van der Waals surface area contributed by atoms with Crippen LogP contribution in [0.15, 0.2) is 53.3 Å². The van der Waals surface area contributed by atoms with E-state index in [4.69, 9.17) is 16.0 Å². The largest absolute Gasteiger partial charge is 0.450 e. The second-order valence-corrected chi connectivity index (χ2v) is 10.7. The molecule has 1 spiro atoms. The molecule has 3 fully saturated rings. The summed E-state index contributed by atoms with van der Waals surface area (Å²) in [5.41, 5.74) is 3.54. The summed E-state index contributed by atoms with van der Waals surface area (Å²) < 4.78 is 6.35. The fraction of sp³-hybridized carbons (Fsp3) is 0.407. The number of furan rings is 1. The molecule has 34 heavy (non-hydrogen) atoms. The molecular weight excluding hydrogens is 448 g/mol. The maximum Gasteiger partial charge on any atom is 0.289 e. The van der Waals surface area contributed by atoms with Crippen molar-refractivity contribution < 1.29 is 9.21 Å². The van der Waals surface area contributed by atoms with Crippen LogP contribution in [0, 0.1) is 11.8 Å². The fourth-order valence-corrected chi connectivity index (χ4v) is 7.02. The Bertz CT molecular complexity index is 1320. The minimum atomic E-state index is -0.261. The zero-order chi connectivity index (χ0) is 23.0. The number of aromatic nitrogens is 1. The predicted octanol–water partition coefficient (Wildman–Crippen LogP) is 5.61. The monoisotopic (exact) mass is 474 g/mol. The number of carbonyl (C=O) groups excluding carboxylic acids is 1. The van der Waals surface area contributed by atoms with Gasteiger partial charge in [0.2, 0.25) is 0 Å². The topological polar surface area (TPSA) is 70.4 Å². The Morgan fingerprint density at radius 2 is 1.97 bits per heavy atom. The van der Waals surface area contributed by atoms with Crippen LogP contribution in [0.3, 0.4) is 0 Å². The molecule has 0 unspecified atom stereocenters. The zero-order valence-electron chi connectivity index (χ0n) is 18.9. The van der Waals surface area contributed by atoms with Crippen LogP contribution in [0.25, 0.3) is 11.0 Å². The van der Waals surface area contributed by atoms with Gasteiger partial charge < -0.3 is 20.0 Å². The molecule has 2 saturated carbocycles. The third kappa shape index (κ3) is 2.94. The molecule has 2 aliphatic carbocycles. The number of carbonyl (C=O) groups is 1. The number of hydrogen-bond donors (Lipinski definition) is 2. The van der Waals surface area contributed by atoms with Crippen molar-refractivity contribution in [1.82, 2.24) is 15.2 Å². The van der Waals surface area contributed by atoms with E-state index in [1.54, 1.807) is 0 Å². The normalized spacial score (nSPS) is 26.7. The van der Waals surface area contributed by atoms with Crippen molar-refractivity contribution in [2.45, 2.75) is 43.6 Å². The van der Waals surface area contributed by atoms with Gasteiger partial charge in [0.15, 0.2) is 5.76 Å². The number of piperidine rings is 1. The summed E-state index contributed by atoms with van der Waals surface area (Å²) in [7, 11) is 0. The molecule has 174 valence electrons. The number of amides is 1. The van der Waals surface area contributed by atoms with E-state index in [1.807, 2.05) is 35.4 Å². The van der Waals surface area contributed by atoms with Crippen molar-refractivity contribution in [2.24, 2.45) is 11.8 Å². The van der Waals surface area contributed by atoms with Crippen molar-refractivity contribution >= 4 is 34.2 Å². The standard InChI is InChI=1S/C27H27ClN4O2/c1-15-30-24-19(28)11-16-12-21(34-25(16)23(24)27(31-15)8-4-2-5-9-27)26(33)32-13-17-18(14-32)22(17)20-7-3-6-10-29-20/h3,6-7,10-12,17-18,22,30-31H,1-2,4-5,8-9,13-14H2/t17-,18+,22+. The molecule has 7 rings (SSSR count). The smallest absolute Gasteiger partial charge is 0.289 e. The lowest BCUT2D eigenvalue weighted by atomic mass is 9.74. The van der Waals surface area contributed by atoms with E-state index in [2.05, 4.69) is 28.3 Å². The Labute approximate surface area is 203 Å². The Morgan fingerprint density at radius 3 is 2.71 bits per heavy atom. The summed E-state index contributed by atoms with van der Waals surface area (Å²) in [4.78, 5) is 19.9. The second-order valence-electron chi connectivity index (χ2n) is 10.3. The molecule has 1 amide bonds. The van der Waals surface area contributed by atoms with Crippen LogP contribution in [-0.2, 0) is 5.54 Å². The summed E-state index contributed by atoms with van der Waals surface area (Å²) in [5.74, 6) is 2.59. The average molecular weight is 475 g/mol. The number of likely N-dealkylation sites (tertiary alicyclic amines) is 1. The lowest BCUT2D eigenvalue weighted by molar-refractivity contribution is 0.0743. The number of hydrogen-bond acceptors (Lipinski definition) is 5. The Kier molecular flexibility index (Phi) is 4.35. The van der Waals surface area contributed by atoms with Gasteiger partial charge in [-0.15, -0.1) is 0 Å². The number of pyridine rings is 1. The number of halogens is 1. The molecule has 0 bridgehead atoms. The third-order valence-electron chi connectivity index (χ3n) is 8.33. The second kappa shape index (κ2) is 7.25. The van der Waals surface area contributed by atoms with Crippen molar-refractivity contribution in [1.29, 1.82) is 0 Å². The Balaban J connectivity index is 1.21. The maximum atomic E-state index is 13.4. The Morgan fingerprint density at radius 1 is 1.18 bits per heavy atom. The van der Waals surface area contributed by atoms with Crippen LogP contribution in [0.2, 0.25) is 5.02 Å². The number of anilines is 1. The zero-order valence-corrected chi connectivity index (χ0v) is 19.7. The van der Waals surface area contributed by atoms with Crippen molar-refractivity contribution in [2.75, 3.05) is 18.4 Å². The molecule has 4 heterocycles. The van der Waals surface area contributed by atoms with Crippen LogP contribution < -0.4 is 10.6 Å². The number of rotatable bonds is 2. The van der Waals surface area contributed by atoms with Gasteiger partial charge in [0.25, 0.3) is 5.91 Å². The highest BCUT2D eigenvalue weighted by Gasteiger charge is 2.58. The molecule has 1 aromatic carbocycles. The molecule has 2 aromatic heterocycles. The lowest BCUT2D eigenvalue weighted by Crippen LogP contribution is -2.48. The van der Waals surface area contributed by atoms with E-state index in [9.17, 15) is 4.79 Å². The molecule has 3 atom stereocenters. The number of nitrogens with one attached hydrogen (secondary N) is 2. The molecule has 2 aliphatic heterocycles. The van der Waals surface area contributed by atoms with E-state index in [1.165, 1.54) is 6.42 Å². The molecule has 1 saturated heterocycles. The van der Waals surface area contributed by atoms with E-state index in [0.717, 1.165) is 72.5 Å². The first-order valence-corrected chi connectivity index (χ1v) is 12.6. The summed E-state index contributed by atoms with van der Waals surface area (Å²) in [5, 5.41) is 8.44. The fourth-order valence-electron chi connectivity index (χ4n) is 6.76. The highest BCUT2D eigenvalue weighted by Crippen LogP contribution is 2.58. The van der Waals surface area contributed by atoms with Gasteiger partial charge in [-0.2, -0.15) is 0 Å². The molecule has 4 aliphatic rings. The van der Waals surface area contributed by atoms with Crippen LogP contribution in [0.4, 0.5) is 5.69 Å². The number of nitrogens with zero attached hydrogens (tertiary/aromatic N) is 2. The van der Waals surface area contributed by atoms with Gasteiger partial charge in [-0.3, -0.25) is 9.78 Å². The first-order valence-electron chi connectivity index (χ1n) is 12.2. The summed E-state index contributed by atoms with van der Waals surface area (Å²) in [6, 6.07) is 9.85. The molecule has 0 radical (unpaired) electrons. The summed E-state index contributed by atoms with van der Waals surface area (Å²) in [6.07, 6.45) is 7.32. The summed E-state index contributed by atoms with van der Waals surface area (Å²) in [6.45, 7) is 5.65. The van der Waals surface area contributed by atoms with Gasteiger partial charge in [-0.05, 0) is 48.9 Å². The number of fused-ring (bicyclic) bond motifs is 5. The van der Waals surface area contributed by atoms with Gasteiger partial charge in [0.05, 0.1) is 22.1 Å². The van der Waals surface area contributed by atoms with E-state index < -0.39 is 0 Å². The third-order valence-corrected chi connectivity index (χ3v) is 8.63. The van der Waals surface area contributed by atoms with Crippen molar-refractivity contribution in [3.8, 4) is 0 Å². The molecule has 3 aromatic rings. The quantitative estimate of drug-likeness (QED) is 0.505. The minimum Gasteiger partial charge on any atom is -0.450 e. The van der Waals surface area contributed by atoms with Gasteiger partial charge in [0, 0.05) is 41.8 Å². The minimum absolute atomic E-state index is 0.0353. The maximum absolute atomic E-state index is 13.4. The first kappa shape index (κ1) is 20.4. The summed E-state index contributed by atoms with van der Waals surface area (Å²) >= 11 is 6.73. The lowest BCUT2D eigenvalue weighted by Gasteiger charge is -2.44. The van der Waals surface area contributed by atoms with Crippen LogP contribution in [-0.4, -0.2) is 28.9 Å². The van der Waals surface area contributed by atoms with Gasteiger partial charge in [0.1, 0.15) is 5.58 Å². The molecular formula is C27H27ClN4O2. The molecule has 6 nitrogen and oxygen atoms in total. The van der Waals surface area contributed by atoms with Crippen LogP contribution >= 0.6 is 11.6 Å². The van der Waals surface area contributed by atoms with Crippen LogP contribution in [0.5, 0.6) is 0 Å². The highest BCUT2D eigenvalue weighted by molar-refractivity contribution is 6.34. The van der Waals surface area contributed by atoms with Gasteiger partial charge in [-0.1, -0.05) is 43.5 Å². The first-order chi connectivity index (χ1) is 16.5. The van der Waals surface area contributed by atoms with Gasteiger partial charge >= 0.3 is 0 Å². The van der Waals surface area contributed by atoms with Crippen LogP contribution in [0.1, 0.15) is 59.8 Å². The predicted molar refractivity (Wildman–Crippen MR) is 132 cm³/mol. The SMILES string of the molecule is C=C1Nc2c(Cl)cc3cc(C(=O)N4C[C@@H]5[C@H](C4)[C@H]5c4ccccn4)oc3c2C2(CCCCC2)N1.